The van der Waals surface area contributed by atoms with Crippen molar-refractivity contribution >= 4 is 0 Å². The minimum absolute atomic E-state index is 0.700. The van der Waals surface area contributed by atoms with Crippen molar-refractivity contribution < 1.29 is 0 Å². The zero-order valence-corrected chi connectivity index (χ0v) is 12.3. The predicted octanol–water partition coefficient (Wildman–Crippen LogP) is 3.97. The van der Waals surface area contributed by atoms with Crippen molar-refractivity contribution in [1.29, 1.82) is 0 Å². The Morgan fingerprint density at radius 1 is 0.941 bits per heavy atom. The molecular formula is C15H32N2. The van der Waals surface area contributed by atoms with Crippen molar-refractivity contribution in [3.05, 3.63) is 0 Å². The summed E-state index contributed by atoms with van der Waals surface area (Å²) in [5.41, 5.74) is 3.45. The van der Waals surface area contributed by atoms with Crippen LogP contribution in [0.3, 0.4) is 0 Å². The van der Waals surface area contributed by atoms with Crippen LogP contribution < -0.4 is 5.43 Å². The molecule has 0 aromatic rings. The Labute approximate surface area is 108 Å². The van der Waals surface area contributed by atoms with Crippen LogP contribution in [0.15, 0.2) is 0 Å². The number of hydrogen-bond donors (Lipinski definition) is 1. The molecule has 1 heterocycles. The van der Waals surface area contributed by atoms with Crippen LogP contribution in [-0.4, -0.2) is 24.1 Å². The van der Waals surface area contributed by atoms with Gasteiger partial charge >= 0.3 is 0 Å². The molecule has 2 atom stereocenters. The Bertz CT molecular complexity index is 179. The van der Waals surface area contributed by atoms with Crippen LogP contribution >= 0.6 is 0 Å². The molecule has 2 nitrogen and oxygen atoms in total. The van der Waals surface area contributed by atoms with E-state index in [4.69, 9.17) is 0 Å². The lowest BCUT2D eigenvalue weighted by Gasteiger charge is -2.34. The molecule has 3 aliphatic rings. The van der Waals surface area contributed by atoms with E-state index >= 15 is 0 Å². The van der Waals surface area contributed by atoms with Gasteiger partial charge in [-0.3, -0.25) is 5.43 Å². The van der Waals surface area contributed by atoms with E-state index in [1.807, 2.05) is 13.8 Å². The molecule has 0 aromatic heterocycles. The Morgan fingerprint density at radius 2 is 1.47 bits per heavy atom. The van der Waals surface area contributed by atoms with E-state index < -0.39 is 0 Å². The molecule has 2 heteroatoms. The summed E-state index contributed by atoms with van der Waals surface area (Å²) >= 11 is 0. The largest absolute Gasteiger partial charge is 0.252 e. The topological polar surface area (TPSA) is 15.3 Å². The lowest BCUT2D eigenvalue weighted by Crippen LogP contribution is -2.40. The Kier molecular flexibility index (Phi) is 7.14. The third-order valence-electron chi connectivity index (χ3n) is 4.21. The lowest BCUT2D eigenvalue weighted by atomic mass is 9.78. The fourth-order valence-electron chi connectivity index (χ4n) is 2.60. The first-order valence-electron chi connectivity index (χ1n) is 7.76. The molecule has 102 valence electrons. The van der Waals surface area contributed by atoms with Gasteiger partial charge in [-0.05, 0) is 32.1 Å². The number of hydrazine groups is 1. The molecule has 2 aliphatic carbocycles. The summed E-state index contributed by atoms with van der Waals surface area (Å²) in [6.45, 7) is 6.27. The van der Waals surface area contributed by atoms with Gasteiger partial charge in [-0.1, -0.05) is 46.0 Å². The molecule has 0 amide bonds. The molecule has 1 aliphatic heterocycles. The summed E-state index contributed by atoms with van der Waals surface area (Å²) in [7, 11) is 2.19. The molecule has 2 saturated carbocycles. The summed E-state index contributed by atoms with van der Waals surface area (Å²) in [4.78, 5) is 0. The Hall–Kier alpha value is -0.0800. The van der Waals surface area contributed by atoms with E-state index in [1.165, 1.54) is 51.4 Å². The first kappa shape index (κ1) is 15.0. The van der Waals surface area contributed by atoms with Gasteiger partial charge in [0.2, 0.25) is 0 Å². The highest BCUT2D eigenvalue weighted by Gasteiger charge is 2.35. The van der Waals surface area contributed by atoms with Crippen LogP contribution in [0.2, 0.25) is 0 Å². The van der Waals surface area contributed by atoms with Crippen LogP contribution in [0.4, 0.5) is 0 Å². The third kappa shape index (κ3) is 4.59. The van der Waals surface area contributed by atoms with Crippen molar-refractivity contribution in [3.8, 4) is 0 Å². The Balaban J connectivity index is 0.000000202. The van der Waals surface area contributed by atoms with Crippen LogP contribution in [0.5, 0.6) is 0 Å². The van der Waals surface area contributed by atoms with E-state index in [-0.39, 0.29) is 0 Å². The van der Waals surface area contributed by atoms with Gasteiger partial charge in [0, 0.05) is 19.1 Å². The molecule has 0 aromatic carbocycles. The monoisotopic (exact) mass is 240 g/mol. The van der Waals surface area contributed by atoms with Crippen molar-refractivity contribution in [2.75, 3.05) is 7.05 Å². The summed E-state index contributed by atoms with van der Waals surface area (Å²) in [6, 6.07) is 1.53. The maximum atomic E-state index is 3.45. The second kappa shape index (κ2) is 8.10. The van der Waals surface area contributed by atoms with Crippen LogP contribution in [0.1, 0.15) is 72.1 Å². The molecule has 1 N–H and O–H groups in total. The summed E-state index contributed by atoms with van der Waals surface area (Å²) in [6.07, 6.45) is 11.7. The zero-order chi connectivity index (χ0) is 12.7. The van der Waals surface area contributed by atoms with Gasteiger partial charge in [-0.25, -0.2) is 5.01 Å². The minimum atomic E-state index is 0.700. The number of rotatable bonds is 1. The highest BCUT2D eigenvalue weighted by molar-refractivity contribution is 4.89. The number of nitrogens with one attached hydrogen (secondary N) is 1. The van der Waals surface area contributed by atoms with Crippen molar-refractivity contribution in [2.45, 2.75) is 84.2 Å². The molecule has 2 unspecified atom stereocenters. The highest BCUT2D eigenvalue weighted by atomic mass is 15.5. The van der Waals surface area contributed by atoms with E-state index in [1.54, 1.807) is 0 Å². The summed E-state index contributed by atoms with van der Waals surface area (Å²) < 4.78 is 0. The van der Waals surface area contributed by atoms with E-state index in [0.717, 1.165) is 12.0 Å². The number of nitrogens with zero attached hydrogens (tertiary/aromatic N) is 1. The van der Waals surface area contributed by atoms with Crippen LogP contribution in [0, 0.1) is 5.92 Å². The van der Waals surface area contributed by atoms with Crippen LogP contribution in [0.25, 0.3) is 0 Å². The normalized spacial score (nSPS) is 32.5. The van der Waals surface area contributed by atoms with E-state index in [0.29, 0.717) is 6.04 Å². The average molecular weight is 240 g/mol. The third-order valence-corrected chi connectivity index (χ3v) is 4.21. The fraction of sp³-hybridized carbons (Fsp3) is 1.00. The molecule has 0 radical (unpaired) electrons. The van der Waals surface area contributed by atoms with Gasteiger partial charge in [0.05, 0.1) is 0 Å². The van der Waals surface area contributed by atoms with Gasteiger partial charge < -0.3 is 0 Å². The van der Waals surface area contributed by atoms with E-state index in [2.05, 4.69) is 24.4 Å². The first-order valence-corrected chi connectivity index (χ1v) is 7.76. The molecule has 1 saturated heterocycles. The van der Waals surface area contributed by atoms with E-state index in [9.17, 15) is 0 Å². The lowest BCUT2D eigenvalue weighted by molar-refractivity contribution is 0.123. The van der Waals surface area contributed by atoms with Gasteiger partial charge in [-0.2, -0.15) is 0 Å². The second-order valence-corrected chi connectivity index (χ2v) is 5.55. The first-order chi connectivity index (χ1) is 8.27. The molecule has 0 bridgehead atoms. The fourth-order valence-corrected chi connectivity index (χ4v) is 2.60. The van der Waals surface area contributed by atoms with Gasteiger partial charge in [0.25, 0.3) is 0 Å². The highest BCUT2D eigenvalue weighted by Crippen LogP contribution is 2.35. The Morgan fingerprint density at radius 3 is 1.71 bits per heavy atom. The van der Waals surface area contributed by atoms with Gasteiger partial charge in [-0.15, -0.1) is 0 Å². The smallest absolute Gasteiger partial charge is 0.0283 e. The molecule has 3 rings (SSSR count). The van der Waals surface area contributed by atoms with Gasteiger partial charge in [0.15, 0.2) is 0 Å². The van der Waals surface area contributed by atoms with Crippen molar-refractivity contribution in [1.82, 2.24) is 10.4 Å². The van der Waals surface area contributed by atoms with Gasteiger partial charge in [0.1, 0.15) is 0 Å². The molecule has 17 heavy (non-hydrogen) atoms. The van der Waals surface area contributed by atoms with Crippen LogP contribution in [-0.2, 0) is 0 Å². The molecule has 3 fully saturated rings. The predicted molar refractivity (Wildman–Crippen MR) is 75.9 cm³/mol. The number of hydrogen-bond acceptors (Lipinski definition) is 2. The molecular weight excluding hydrogens is 208 g/mol. The summed E-state index contributed by atoms with van der Waals surface area (Å²) in [5.74, 6) is 0.998. The average Bonchev–Trinajstić information content (AvgIpc) is 2.43. The second-order valence-electron chi connectivity index (χ2n) is 5.55. The quantitative estimate of drug-likeness (QED) is 0.746. The zero-order valence-electron chi connectivity index (χ0n) is 12.3. The minimum Gasteiger partial charge on any atom is -0.252 e. The SMILES string of the molecule is C1CCC1.CC.CC1CC(C2CCC2)N(C)N1. The molecule has 0 spiro atoms. The van der Waals surface area contributed by atoms with Crippen molar-refractivity contribution in [3.63, 3.8) is 0 Å². The van der Waals surface area contributed by atoms with Crippen molar-refractivity contribution in [2.24, 2.45) is 5.92 Å². The maximum Gasteiger partial charge on any atom is 0.0283 e. The summed E-state index contributed by atoms with van der Waals surface area (Å²) in [5, 5.41) is 2.33. The maximum absolute atomic E-state index is 3.45. The standard InChI is InChI=1S/C9H18N2.C4H8.C2H6/c1-7-6-9(11(2)10-7)8-4-3-5-8;1-2-4-3-1;1-2/h7-10H,3-6H2,1-2H3;1-4H2;1-2H3.